The summed E-state index contributed by atoms with van der Waals surface area (Å²) in [7, 11) is 0. The van der Waals surface area contributed by atoms with Gasteiger partial charge < -0.3 is 15.1 Å². The molecular formula is C27H33F5N4O3. The van der Waals surface area contributed by atoms with Crippen molar-refractivity contribution in [1.29, 1.82) is 0 Å². The summed E-state index contributed by atoms with van der Waals surface area (Å²) >= 11 is 0. The Morgan fingerprint density at radius 3 is 2.38 bits per heavy atom. The molecule has 3 amide bonds. The molecule has 1 atom stereocenters. The third-order valence-electron chi connectivity index (χ3n) is 8.43. The van der Waals surface area contributed by atoms with Crippen LogP contribution in [0.3, 0.4) is 0 Å². The van der Waals surface area contributed by atoms with E-state index in [0.29, 0.717) is 29.7 Å². The van der Waals surface area contributed by atoms with Crippen molar-refractivity contribution in [2.24, 2.45) is 0 Å². The van der Waals surface area contributed by atoms with Crippen LogP contribution in [0.5, 0.6) is 0 Å². The average Bonchev–Trinajstić information content (AvgIpc) is 3.17. The molecule has 7 nitrogen and oxygen atoms in total. The highest BCUT2D eigenvalue weighted by atomic mass is 19.4. The molecule has 2 N–H and O–H groups in total. The molecule has 3 fully saturated rings. The summed E-state index contributed by atoms with van der Waals surface area (Å²) in [5.41, 5.74) is 1.78. The van der Waals surface area contributed by atoms with Crippen LogP contribution < -0.4 is 15.5 Å². The Morgan fingerprint density at radius 1 is 1.03 bits per heavy atom. The van der Waals surface area contributed by atoms with Crippen molar-refractivity contribution in [2.45, 2.75) is 107 Å². The molecule has 2 heterocycles. The summed E-state index contributed by atoms with van der Waals surface area (Å²) in [5, 5.41) is 5.59. The number of nitrogens with zero attached hydrogens (tertiary/aromatic N) is 2. The van der Waals surface area contributed by atoms with E-state index in [1.165, 1.54) is 4.90 Å². The molecule has 1 saturated heterocycles. The van der Waals surface area contributed by atoms with Gasteiger partial charge in [0.15, 0.2) is 0 Å². The number of amides is 3. The van der Waals surface area contributed by atoms with Gasteiger partial charge in [-0.15, -0.1) is 0 Å². The number of hydrogen-bond donors (Lipinski definition) is 2. The minimum Gasteiger partial charge on any atom is -0.368 e. The third kappa shape index (κ3) is 6.20. The predicted molar refractivity (Wildman–Crippen MR) is 132 cm³/mol. The van der Waals surface area contributed by atoms with E-state index in [9.17, 15) is 36.3 Å². The minimum absolute atomic E-state index is 0.0645. The zero-order chi connectivity index (χ0) is 27.9. The van der Waals surface area contributed by atoms with Gasteiger partial charge in [-0.1, -0.05) is 6.07 Å². The predicted octanol–water partition coefficient (Wildman–Crippen LogP) is 4.30. The maximum atomic E-state index is 13.3. The highest BCUT2D eigenvalue weighted by Gasteiger charge is 2.46. The maximum absolute atomic E-state index is 13.3. The van der Waals surface area contributed by atoms with Gasteiger partial charge in [-0.2, -0.15) is 13.2 Å². The number of imide groups is 1. The van der Waals surface area contributed by atoms with E-state index in [-0.39, 0.29) is 75.1 Å². The Hall–Kier alpha value is -2.76. The van der Waals surface area contributed by atoms with Crippen molar-refractivity contribution in [2.75, 3.05) is 11.4 Å². The number of anilines is 1. The van der Waals surface area contributed by atoms with Gasteiger partial charge in [0, 0.05) is 73.7 Å². The maximum Gasteiger partial charge on any atom is 0.389 e. The van der Waals surface area contributed by atoms with E-state index in [4.69, 9.17) is 0 Å². The van der Waals surface area contributed by atoms with Crippen LogP contribution in [0.2, 0.25) is 0 Å². The van der Waals surface area contributed by atoms with Crippen LogP contribution in [-0.4, -0.2) is 65.4 Å². The first-order valence-electron chi connectivity index (χ1n) is 13.6. The second-order valence-corrected chi connectivity index (χ2v) is 11.2. The number of nitrogens with one attached hydrogen (secondary N) is 2. The second-order valence-electron chi connectivity index (χ2n) is 11.2. The topological polar surface area (TPSA) is 81.8 Å². The summed E-state index contributed by atoms with van der Waals surface area (Å²) in [6.45, 7) is 0.291. The van der Waals surface area contributed by atoms with E-state index in [2.05, 4.69) is 10.6 Å². The standard InChI is InChI=1S/C27H33F5N4O3/c28-26(29)13-17(14-26)33-16-5-7-18(8-6-16)35(12-2-11-27(30,31)32)21-4-1-3-19-20(21)15-36(25(19)39)22-9-10-23(37)34-24(22)38/h1,3-4,16-18,22,33H,2,5-15H2,(H,34,37,38). The molecule has 0 aromatic heterocycles. The third-order valence-corrected chi connectivity index (χ3v) is 8.43. The fraction of sp³-hybridized carbons (Fsp3) is 0.667. The number of piperidine rings is 1. The van der Waals surface area contributed by atoms with Crippen LogP contribution in [0.1, 0.15) is 80.1 Å². The van der Waals surface area contributed by atoms with Crippen molar-refractivity contribution < 1.29 is 36.3 Å². The highest BCUT2D eigenvalue weighted by Crippen LogP contribution is 2.40. The van der Waals surface area contributed by atoms with E-state index in [1.54, 1.807) is 12.1 Å². The molecule has 2 aliphatic heterocycles. The van der Waals surface area contributed by atoms with Crippen molar-refractivity contribution in [1.82, 2.24) is 15.5 Å². The molecule has 214 valence electrons. The molecule has 5 rings (SSSR count). The van der Waals surface area contributed by atoms with Crippen LogP contribution in [0.4, 0.5) is 27.6 Å². The molecule has 0 bridgehead atoms. The first-order valence-corrected chi connectivity index (χ1v) is 13.6. The summed E-state index contributed by atoms with van der Waals surface area (Å²) in [4.78, 5) is 40.8. The molecule has 0 spiro atoms. The molecule has 2 aliphatic carbocycles. The van der Waals surface area contributed by atoms with E-state index in [0.717, 1.165) is 12.8 Å². The Kier molecular flexibility index (Phi) is 7.60. The Labute approximate surface area is 223 Å². The number of hydrogen-bond acceptors (Lipinski definition) is 5. The zero-order valence-electron chi connectivity index (χ0n) is 21.5. The SMILES string of the molecule is O=C1CCC(N2Cc3c(cccc3N(CCCC(F)(F)F)C3CCC(NC4CC(F)(F)C4)CC3)C2=O)C(=O)N1. The molecule has 1 unspecified atom stereocenters. The largest absolute Gasteiger partial charge is 0.389 e. The van der Waals surface area contributed by atoms with Gasteiger partial charge in [0.1, 0.15) is 6.04 Å². The first kappa shape index (κ1) is 27.8. The smallest absolute Gasteiger partial charge is 0.368 e. The molecule has 0 radical (unpaired) electrons. The van der Waals surface area contributed by atoms with Gasteiger partial charge in [-0.3, -0.25) is 19.7 Å². The zero-order valence-corrected chi connectivity index (χ0v) is 21.5. The van der Waals surface area contributed by atoms with Crippen LogP contribution >= 0.6 is 0 Å². The fourth-order valence-corrected chi connectivity index (χ4v) is 6.45. The molecule has 1 aromatic rings. The number of rotatable bonds is 8. The second kappa shape index (κ2) is 10.7. The van der Waals surface area contributed by atoms with Crippen LogP contribution in [-0.2, 0) is 16.1 Å². The molecule has 1 aromatic carbocycles. The minimum atomic E-state index is -4.28. The van der Waals surface area contributed by atoms with E-state index < -0.39 is 30.5 Å². The summed E-state index contributed by atoms with van der Waals surface area (Å²) in [6.07, 6.45) is -2.48. The van der Waals surface area contributed by atoms with E-state index >= 15 is 0 Å². The van der Waals surface area contributed by atoms with Crippen LogP contribution in [0.15, 0.2) is 18.2 Å². The van der Waals surface area contributed by atoms with E-state index in [1.807, 2.05) is 11.0 Å². The Balaban J connectivity index is 1.32. The summed E-state index contributed by atoms with van der Waals surface area (Å²) < 4.78 is 65.5. The van der Waals surface area contributed by atoms with Crippen molar-refractivity contribution in [3.8, 4) is 0 Å². The molecule has 4 aliphatic rings. The number of benzene rings is 1. The summed E-state index contributed by atoms with van der Waals surface area (Å²) in [5.74, 6) is -3.84. The number of halogens is 5. The number of alkyl halides is 5. The average molecular weight is 557 g/mol. The van der Waals surface area contributed by atoms with Crippen molar-refractivity contribution in [3.63, 3.8) is 0 Å². The summed E-state index contributed by atoms with van der Waals surface area (Å²) in [6, 6.07) is 4.22. The van der Waals surface area contributed by atoms with Gasteiger partial charge in [0.05, 0.1) is 0 Å². The highest BCUT2D eigenvalue weighted by molar-refractivity contribution is 6.06. The molecule has 12 heteroatoms. The Bertz CT molecular complexity index is 1110. The van der Waals surface area contributed by atoms with Gasteiger partial charge in [-0.25, -0.2) is 8.78 Å². The normalized spacial score (nSPS) is 27.3. The van der Waals surface area contributed by atoms with Crippen LogP contribution in [0.25, 0.3) is 0 Å². The van der Waals surface area contributed by atoms with Gasteiger partial charge >= 0.3 is 6.18 Å². The number of carbonyl (C=O) groups excluding carboxylic acids is 3. The molecule has 39 heavy (non-hydrogen) atoms. The number of carbonyl (C=O) groups is 3. The lowest BCUT2D eigenvalue weighted by Crippen LogP contribution is -2.53. The van der Waals surface area contributed by atoms with Gasteiger partial charge in [-0.05, 0) is 50.7 Å². The monoisotopic (exact) mass is 556 g/mol. The lowest BCUT2D eigenvalue weighted by molar-refractivity contribution is -0.137. The quantitative estimate of drug-likeness (QED) is 0.369. The van der Waals surface area contributed by atoms with Crippen molar-refractivity contribution >= 4 is 23.4 Å². The first-order chi connectivity index (χ1) is 18.4. The fourth-order valence-electron chi connectivity index (χ4n) is 6.45. The lowest BCUT2D eigenvalue weighted by Gasteiger charge is -2.42. The number of fused-ring (bicyclic) bond motifs is 1. The van der Waals surface area contributed by atoms with Gasteiger partial charge in [0.25, 0.3) is 11.8 Å². The van der Waals surface area contributed by atoms with Crippen molar-refractivity contribution in [3.05, 3.63) is 29.3 Å². The molecular weight excluding hydrogens is 523 g/mol. The molecule has 2 saturated carbocycles. The van der Waals surface area contributed by atoms with Gasteiger partial charge in [0.2, 0.25) is 11.8 Å². The lowest BCUT2D eigenvalue weighted by atomic mass is 9.84. The Morgan fingerprint density at radius 2 is 1.74 bits per heavy atom. The van der Waals surface area contributed by atoms with Crippen LogP contribution in [0, 0.1) is 0 Å².